The van der Waals surface area contributed by atoms with E-state index >= 15 is 0 Å². The molecule has 0 aliphatic carbocycles. The maximum atomic E-state index is 2.24. The van der Waals surface area contributed by atoms with E-state index in [0.29, 0.717) is 0 Å². The Morgan fingerprint density at radius 1 is 0.600 bits per heavy atom. The van der Waals surface area contributed by atoms with E-state index in [1.807, 2.05) is 0 Å². The van der Waals surface area contributed by atoms with E-state index in [1.165, 1.54) is 20.0 Å². The molecular formula is C14H14Sn. The van der Waals surface area contributed by atoms with Gasteiger partial charge in [0.15, 0.2) is 0 Å². The first-order chi connectivity index (χ1) is 7.45. The Labute approximate surface area is 102 Å². The van der Waals surface area contributed by atoms with Crippen molar-refractivity contribution in [1.29, 1.82) is 0 Å². The quantitative estimate of drug-likeness (QED) is 0.761. The molecule has 0 N–H and O–H groups in total. The van der Waals surface area contributed by atoms with Gasteiger partial charge >= 0.3 is 102 Å². The molecule has 0 aliphatic heterocycles. The van der Waals surface area contributed by atoms with Crippen molar-refractivity contribution in [2.24, 2.45) is 0 Å². The van der Waals surface area contributed by atoms with Gasteiger partial charge in [0, 0.05) is 0 Å². The zero-order valence-electron chi connectivity index (χ0n) is 8.69. The second-order valence-electron chi connectivity index (χ2n) is 3.57. The Kier molecular flexibility index (Phi) is 4.27. The van der Waals surface area contributed by atoms with Crippen LogP contribution in [0.2, 0.25) is 0 Å². The third-order valence-electron chi connectivity index (χ3n) is 2.34. The van der Waals surface area contributed by atoms with Crippen molar-refractivity contribution in [2.45, 2.75) is 8.87 Å². The molecule has 2 radical (unpaired) electrons. The van der Waals surface area contributed by atoms with Gasteiger partial charge in [-0.05, 0) is 0 Å². The number of benzene rings is 2. The van der Waals surface area contributed by atoms with Gasteiger partial charge in [0.25, 0.3) is 0 Å². The molecule has 2 aromatic rings. The third kappa shape index (κ3) is 3.71. The summed E-state index contributed by atoms with van der Waals surface area (Å²) in [6.07, 6.45) is 0. The fourth-order valence-electron chi connectivity index (χ4n) is 1.54. The van der Waals surface area contributed by atoms with E-state index in [1.54, 1.807) is 0 Å². The average Bonchev–Trinajstić information content (AvgIpc) is 2.32. The molecule has 0 saturated carbocycles. The SMILES string of the molecule is c1ccc([CH2][Sn][CH2]c2ccccc2)cc1. The summed E-state index contributed by atoms with van der Waals surface area (Å²) in [4.78, 5) is 0. The predicted octanol–water partition coefficient (Wildman–Crippen LogP) is 3.09. The van der Waals surface area contributed by atoms with E-state index in [9.17, 15) is 0 Å². The third-order valence-corrected chi connectivity index (χ3v) is 6.10. The second-order valence-corrected chi connectivity index (χ2v) is 7.02. The van der Waals surface area contributed by atoms with Crippen LogP contribution in [0.5, 0.6) is 0 Å². The van der Waals surface area contributed by atoms with Crippen molar-refractivity contribution in [3.63, 3.8) is 0 Å². The standard InChI is InChI=1S/2C7H7.Sn/c2*1-7-5-3-2-4-6-7;/h2*2-6H,1H2;. The maximum absolute atomic E-state index is 2.24. The summed E-state index contributed by atoms with van der Waals surface area (Å²) in [5.41, 5.74) is 3.03. The van der Waals surface area contributed by atoms with Crippen LogP contribution in [0.3, 0.4) is 0 Å². The number of hydrogen-bond acceptors (Lipinski definition) is 0. The van der Waals surface area contributed by atoms with Crippen molar-refractivity contribution in [2.75, 3.05) is 0 Å². The van der Waals surface area contributed by atoms with Gasteiger partial charge in [-0.15, -0.1) is 0 Å². The van der Waals surface area contributed by atoms with Crippen LogP contribution in [-0.2, 0) is 8.87 Å². The minimum atomic E-state index is -0.258. The zero-order chi connectivity index (χ0) is 10.3. The Balaban J connectivity index is 1.81. The van der Waals surface area contributed by atoms with Gasteiger partial charge in [-0.25, -0.2) is 0 Å². The minimum absolute atomic E-state index is 0.258. The number of rotatable bonds is 4. The Bertz CT molecular complexity index is 341. The molecule has 1 heteroatoms. The van der Waals surface area contributed by atoms with Gasteiger partial charge in [0.2, 0.25) is 0 Å². The Morgan fingerprint density at radius 3 is 1.40 bits per heavy atom. The normalized spacial score (nSPS) is 10.1. The van der Waals surface area contributed by atoms with Gasteiger partial charge in [0.05, 0.1) is 0 Å². The summed E-state index contributed by atoms with van der Waals surface area (Å²) < 4.78 is 2.69. The topological polar surface area (TPSA) is 0 Å². The molecule has 0 aliphatic rings. The predicted molar refractivity (Wildman–Crippen MR) is 66.0 cm³/mol. The van der Waals surface area contributed by atoms with Gasteiger partial charge in [0.1, 0.15) is 0 Å². The molecule has 0 fully saturated rings. The van der Waals surface area contributed by atoms with E-state index in [-0.39, 0.29) is 21.1 Å². The molecule has 0 amide bonds. The van der Waals surface area contributed by atoms with Crippen LogP contribution < -0.4 is 0 Å². The molecule has 0 aromatic heterocycles. The van der Waals surface area contributed by atoms with Gasteiger partial charge in [-0.2, -0.15) is 0 Å². The Morgan fingerprint density at radius 2 is 1.00 bits per heavy atom. The van der Waals surface area contributed by atoms with Crippen LogP contribution >= 0.6 is 0 Å². The monoisotopic (exact) mass is 302 g/mol. The van der Waals surface area contributed by atoms with Crippen LogP contribution in [0.1, 0.15) is 11.1 Å². The molecule has 0 unspecified atom stereocenters. The van der Waals surface area contributed by atoms with E-state index in [4.69, 9.17) is 0 Å². The molecule has 0 atom stereocenters. The summed E-state index contributed by atoms with van der Waals surface area (Å²) in [6.45, 7) is 0. The van der Waals surface area contributed by atoms with Crippen molar-refractivity contribution in [1.82, 2.24) is 0 Å². The van der Waals surface area contributed by atoms with Crippen LogP contribution in [0.4, 0.5) is 0 Å². The molecule has 2 aromatic carbocycles. The fraction of sp³-hybridized carbons (Fsp3) is 0.143. The van der Waals surface area contributed by atoms with E-state index in [0.717, 1.165) is 0 Å². The average molecular weight is 301 g/mol. The van der Waals surface area contributed by atoms with Crippen molar-refractivity contribution < 1.29 is 0 Å². The summed E-state index contributed by atoms with van der Waals surface area (Å²) in [6, 6.07) is 21.7. The van der Waals surface area contributed by atoms with Crippen LogP contribution in [-0.4, -0.2) is 21.1 Å². The van der Waals surface area contributed by atoms with Gasteiger partial charge < -0.3 is 0 Å². The summed E-state index contributed by atoms with van der Waals surface area (Å²) in [5.74, 6) is 0. The molecule has 74 valence electrons. The summed E-state index contributed by atoms with van der Waals surface area (Å²) in [5, 5.41) is 0. The van der Waals surface area contributed by atoms with Crippen LogP contribution in [0.25, 0.3) is 0 Å². The van der Waals surface area contributed by atoms with E-state index < -0.39 is 0 Å². The Hall–Kier alpha value is -0.761. The van der Waals surface area contributed by atoms with Crippen molar-refractivity contribution in [3.05, 3.63) is 71.8 Å². The molecule has 0 heterocycles. The molecule has 0 saturated heterocycles. The number of hydrogen-bond donors (Lipinski definition) is 0. The van der Waals surface area contributed by atoms with Crippen LogP contribution in [0.15, 0.2) is 60.7 Å². The first-order valence-electron chi connectivity index (χ1n) is 5.24. The molecule has 15 heavy (non-hydrogen) atoms. The molecule has 0 spiro atoms. The van der Waals surface area contributed by atoms with E-state index in [2.05, 4.69) is 60.7 Å². The molecule has 2 rings (SSSR count). The summed E-state index contributed by atoms with van der Waals surface area (Å²) in [7, 11) is 0. The first-order valence-corrected chi connectivity index (χ1v) is 9.27. The van der Waals surface area contributed by atoms with Crippen LogP contribution in [0, 0.1) is 0 Å². The van der Waals surface area contributed by atoms with Crippen molar-refractivity contribution >= 4 is 21.1 Å². The second kappa shape index (κ2) is 5.96. The zero-order valence-corrected chi connectivity index (χ0v) is 11.5. The van der Waals surface area contributed by atoms with Gasteiger partial charge in [-0.3, -0.25) is 0 Å². The van der Waals surface area contributed by atoms with Gasteiger partial charge in [-0.1, -0.05) is 0 Å². The van der Waals surface area contributed by atoms with Crippen molar-refractivity contribution in [3.8, 4) is 0 Å². The summed E-state index contributed by atoms with van der Waals surface area (Å²) >= 11 is -0.258. The first kappa shape index (κ1) is 10.7. The molecular weight excluding hydrogens is 287 g/mol. The molecule has 0 bridgehead atoms. The molecule has 0 nitrogen and oxygen atoms in total. The fourth-order valence-corrected chi connectivity index (χ4v) is 4.89.